The zero-order chi connectivity index (χ0) is 21.9. The summed E-state index contributed by atoms with van der Waals surface area (Å²) in [5.41, 5.74) is 3.14. The van der Waals surface area contributed by atoms with Crippen molar-refractivity contribution < 1.29 is 4.79 Å². The minimum absolute atomic E-state index is 0.0642. The molecule has 0 spiro atoms. The fraction of sp³-hybridized carbons (Fsp3) is 0.240. The normalized spacial score (nSPS) is 13.2. The van der Waals surface area contributed by atoms with Crippen molar-refractivity contribution in [1.29, 1.82) is 0 Å². The predicted octanol–water partition coefficient (Wildman–Crippen LogP) is 4.13. The van der Waals surface area contributed by atoms with Crippen LogP contribution in [-0.2, 0) is 17.8 Å². The van der Waals surface area contributed by atoms with Crippen LogP contribution in [-0.4, -0.2) is 26.8 Å². The van der Waals surface area contributed by atoms with Gasteiger partial charge in [-0.2, -0.15) is 0 Å². The number of thiophene rings is 1. The highest BCUT2D eigenvalue weighted by Gasteiger charge is 2.30. The fourth-order valence-corrected chi connectivity index (χ4v) is 4.50. The largest absolute Gasteiger partial charge is 0.354 e. The van der Waals surface area contributed by atoms with Gasteiger partial charge in [-0.15, -0.1) is 16.4 Å². The molecule has 1 aliphatic carbocycles. The van der Waals surface area contributed by atoms with Crippen molar-refractivity contribution >= 4 is 17.2 Å². The van der Waals surface area contributed by atoms with E-state index in [-0.39, 0.29) is 17.6 Å². The standard InChI is InChI=1S/C25H24N4O2S/c30-23(17-18-8-10-20(11-9-18)19-5-2-1-3-6-19)26-14-15-28-25(31)29(21-12-13-21)24(27-28)22-7-4-16-32-22/h1-11,16,21H,12-15,17H2,(H,26,30). The molecular formula is C25H24N4O2S. The van der Waals surface area contributed by atoms with Crippen molar-refractivity contribution in [2.45, 2.75) is 31.8 Å². The Hall–Kier alpha value is -3.45. The first-order chi connectivity index (χ1) is 15.7. The molecule has 1 saturated carbocycles. The number of nitrogens with one attached hydrogen (secondary N) is 1. The molecule has 2 heterocycles. The third-order valence-corrected chi connectivity index (χ3v) is 6.46. The second kappa shape index (κ2) is 8.96. The van der Waals surface area contributed by atoms with Crippen molar-refractivity contribution in [3.8, 4) is 21.8 Å². The number of aromatic nitrogens is 3. The lowest BCUT2D eigenvalue weighted by Gasteiger charge is -2.06. The van der Waals surface area contributed by atoms with Crippen LogP contribution >= 0.6 is 11.3 Å². The second-order valence-corrected chi connectivity index (χ2v) is 8.95. The van der Waals surface area contributed by atoms with Crippen molar-refractivity contribution in [2.75, 3.05) is 6.54 Å². The molecule has 0 saturated heterocycles. The molecule has 162 valence electrons. The third-order valence-electron chi connectivity index (χ3n) is 5.60. The Kier molecular flexibility index (Phi) is 5.73. The summed E-state index contributed by atoms with van der Waals surface area (Å²) in [5, 5.41) is 9.46. The van der Waals surface area contributed by atoms with Gasteiger partial charge in [0.25, 0.3) is 0 Å². The molecule has 32 heavy (non-hydrogen) atoms. The maximum Gasteiger partial charge on any atom is 0.346 e. The summed E-state index contributed by atoms with van der Waals surface area (Å²) in [6.07, 6.45) is 2.34. The van der Waals surface area contributed by atoms with Crippen LogP contribution in [0.5, 0.6) is 0 Å². The Morgan fingerprint density at radius 1 is 1.00 bits per heavy atom. The number of rotatable bonds is 8. The molecule has 0 radical (unpaired) electrons. The van der Waals surface area contributed by atoms with Crippen LogP contribution in [0.2, 0.25) is 0 Å². The molecule has 0 atom stereocenters. The van der Waals surface area contributed by atoms with Gasteiger partial charge >= 0.3 is 5.69 Å². The Bertz CT molecular complexity index is 1250. The van der Waals surface area contributed by atoms with Crippen LogP contribution in [0.3, 0.4) is 0 Å². The molecular weight excluding hydrogens is 420 g/mol. The Morgan fingerprint density at radius 3 is 2.44 bits per heavy atom. The smallest absolute Gasteiger partial charge is 0.346 e. The monoisotopic (exact) mass is 444 g/mol. The molecule has 0 unspecified atom stereocenters. The first-order valence-electron chi connectivity index (χ1n) is 10.8. The molecule has 5 rings (SSSR count). The SMILES string of the molecule is O=C(Cc1ccc(-c2ccccc2)cc1)NCCn1nc(-c2cccs2)n(C2CC2)c1=O. The number of carbonyl (C=O) groups is 1. The molecule has 6 nitrogen and oxygen atoms in total. The van der Waals surface area contributed by atoms with E-state index in [9.17, 15) is 9.59 Å². The molecule has 2 aromatic carbocycles. The summed E-state index contributed by atoms with van der Waals surface area (Å²) in [4.78, 5) is 26.2. The van der Waals surface area contributed by atoms with Crippen molar-refractivity contribution in [2.24, 2.45) is 0 Å². The zero-order valence-electron chi connectivity index (χ0n) is 17.6. The van der Waals surface area contributed by atoms with Gasteiger partial charge in [-0.1, -0.05) is 60.7 Å². The van der Waals surface area contributed by atoms with E-state index in [4.69, 9.17) is 0 Å². The van der Waals surface area contributed by atoms with Gasteiger partial charge in [-0.3, -0.25) is 9.36 Å². The highest BCUT2D eigenvalue weighted by atomic mass is 32.1. The van der Waals surface area contributed by atoms with Crippen molar-refractivity contribution in [3.63, 3.8) is 0 Å². The van der Waals surface area contributed by atoms with E-state index in [1.165, 1.54) is 4.68 Å². The van der Waals surface area contributed by atoms with Gasteiger partial charge in [0.05, 0.1) is 17.8 Å². The van der Waals surface area contributed by atoms with E-state index in [2.05, 4.69) is 22.5 Å². The van der Waals surface area contributed by atoms with E-state index >= 15 is 0 Å². The summed E-state index contributed by atoms with van der Waals surface area (Å²) in [6.45, 7) is 0.724. The number of amides is 1. The van der Waals surface area contributed by atoms with E-state index in [1.807, 2.05) is 64.5 Å². The minimum atomic E-state index is -0.0957. The zero-order valence-corrected chi connectivity index (χ0v) is 18.4. The van der Waals surface area contributed by atoms with Crippen LogP contribution in [0.4, 0.5) is 0 Å². The maximum absolute atomic E-state index is 12.8. The summed E-state index contributed by atoms with van der Waals surface area (Å²) in [6, 6.07) is 22.4. The molecule has 1 N–H and O–H groups in total. The van der Waals surface area contributed by atoms with Gasteiger partial charge in [0.15, 0.2) is 5.82 Å². The summed E-state index contributed by atoms with van der Waals surface area (Å²) < 4.78 is 3.28. The first kappa shape index (κ1) is 20.5. The van der Waals surface area contributed by atoms with Crippen LogP contribution < -0.4 is 11.0 Å². The Balaban J connectivity index is 1.19. The van der Waals surface area contributed by atoms with Gasteiger partial charge in [-0.25, -0.2) is 9.48 Å². The molecule has 1 fully saturated rings. The molecule has 0 bridgehead atoms. The second-order valence-electron chi connectivity index (χ2n) is 8.00. The van der Waals surface area contributed by atoms with Crippen LogP contribution in [0.1, 0.15) is 24.4 Å². The van der Waals surface area contributed by atoms with Gasteiger partial charge in [0.2, 0.25) is 5.91 Å². The maximum atomic E-state index is 12.8. The summed E-state index contributed by atoms with van der Waals surface area (Å²) in [5.74, 6) is 0.669. The molecule has 4 aromatic rings. The molecule has 7 heteroatoms. The summed E-state index contributed by atoms with van der Waals surface area (Å²) in [7, 11) is 0. The summed E-state index contributed by atoms with van der Waals surface area (Å²) >= 11 is 1.58. The molecule has 0 aliphatic heterocycles. The average Bonchev–Trinajstić information content (AvgIpc) is 3.39. The van der Waals surface area contributed by atoms with Crippen LogP contribution in [0.15, 0.2) is 76.9 Å². The van der Waals surface area contributed by atoms with Crippen molar-refractivity contribution in [3.05, 3.63) is 88.2 Å². The lowest BCUT2D eigenvalue weighted by atomic mass is 10.0. The fourth-order valence-electron chi connectivity index (χ4n) is 3.80. The highest BCUT2D eigenvalue weighted by Crippen LogP contribution is 2.37. The van der Waals surface area contributed by atoms with Gasteiger partial charge < -0.3 is 5.32 Å². The van der Waals surface area contributed by atoms with E-state index < -0.39 is 0 Å². The van der Waals surface area contributed by atoms with E-state index in [1.54, 1.807) is 11.3 Å². The minimum Gasteiger partial charge on any atom is -0.354 e. The average molecular weight is 445 g/mol. The van der Waals surface area contributed by atoms with E-state index in [0.717, 1.165) is 40.2 Å². The highest BCUT2D eigenvalue weighted by molar-refractivity contribution is 7.13. The molecule has 1 aliphatic rings. The van der Waals surface area contributed by atoms with Crippen LogP contribution in [0, 0.1) is 0 Å². The Morgan fingerprint density at radius 2 is 1.75 bits per heavy atom. The first-order valence-corrected chi connectivity index (χ1v) is 11.7. The lowest BCUT2D eigenvalue weighted by Crippen LogP contribution is -2.32. The van der Waals surface area contributed by atoms with Crippen LogP contribution in [0.25, 0.3) is 21.8 Å². The molecule has 1 amide bonds. The molecule has 2 aromatic heterocycles. The van der Waals surface area contributed by atoms with Crippen molar-refractivity contribution in [1.82, 2.24) is 19.7 Å². The van der Waals surface area contributed by atoms with E-state index in [0.29, 0.717) is 19.5 Å². The Labute approximate surface area is 190 Å². The number of nitrogens with zero attached hydrogens (tertiary/aromatic N) is 3. The van der Waals surface area contributed by atoms with Gasteiger partial charge in [-0.05, 0) is 41.0 Å². The lowest BCUT2D eigenvalue weighted by molar-refractivity contribution is -0.120. The number of carbonyl (C=O) groups excluding carboxylic acids is 1. The number of hydrogen-bond donors (Lipinski definition) is 1. The predicted molar refractivity (Wildman–Crippen MR) is 127 cm³/mol. The number of hydrogen-bond acceptors (Lipinski definition) is 4. The number of benzene rings is 2. The third kappa shape index (κ3) is 4.43. The van der Waals surface area contributed by atoms with Gasteiger partial charge in [0.1, 0.15) is 0 Å². The quantitative estimate of drug-likeness (QED) is 0.444. The van der Waals surface area contributed by atoms with Gasteiger partial charge in [0, 0.05) is 12.6 Å². The topological polar surface area (TPSA) is 68.9 Å².